The molecule has 0 amide bonds. The number of halogens is 2. The zero-order chi connectivity index (χ0) is 19.9. The van der Waals surface area contributed by atoms with Crippen LogP contribution in [0, 0.1) is 11.6 Å². The summed E-state index contributed by atoms with van der Waals surface area (Å²) in [6.45, 7) is 2.08. The highest BCUT2D eigenvalue weighted by Gasteiger charge is 2.18. The van der Waals surface area contributed by atoms with Crippen LogP contribution in [0.1, 0.15) is 56.9 Å². The van der Waals surface area contributed by atoms with Crippen molar-refractivity contribution in [1.82, 2.24) is 0 Å². The fourth-order valence-corrected chi connectivity index (χ4v) is 3.72. The second-order valence-corrected chi connectivity index (χ2v) is 7.13. The Labute approximate surface area is 164 Å². The fraction of sp³-hybridized carbons (Fsp3) is 0.435. The molecule has 0 saturated heterocycles. The molecule has 1 saturated carbocycles. The second kappa shape index (κ2) is 9.67. The molecular weight excluding hydrogens is 362 g/mol. The van der Waals surface area contributed by atoms with Crippen LogP contribution in [0.25, 0.3) is 11.1 Å². The standard InChI is InChI=1S/C23H26F2O3/c1-2-27-22(26)11-6-12-28-23-20(24)14-19(15-21(23)25)18-10-5-9-17(13-18)16-7-3-4-8-16/h5,9-10,13-16H,2-4,6-8,11-12H2,1H3. The Morgan fingerprint density at radius 2 is 1.79 bits per heavy atom. The Morgan fingerprint density at radius 1 is 1.07 bits per heavy atom. The summed E-state index contributed by atoms with van der Waals surface area (Å²) in [5, 5.41) is 0. The molecule has 0 aliphatic heterocycles. The van der Waals surface area contributed by atoms with Crippen molar-refractivity contribution >= 4 is 5.97 Å². The van der Waals surface area contributed by atoms with Gasteiger partial charge in [0.2, 0.25) is 0 Å². The van der Waals surface area contributed by atoms with E-state index in [9.17, 15) is 13.6 Å². The largest absolute Gasteiger partial charge is 0.488 e. The minimum atomic E-state index is -0.739. The average molecular weight is 388 g/mol. The van der Waals surface area contributed by atoms with Gasteiger partial charge in [-0.25, -0.2) is 8.78 Å². The third-order valence-electron chi connectivity index (χ3n) is 5.12. The third-order valence-corrected chi connectivity index (χ3v) is 5.12. The van der Waals surface area contributed by atoms with E-state index in [1.807, 2.05) is 18.2 Å². The van der Waals surface area contributed by atoms with Crippen molar-refractivity contribution in [3.63, 3.8) is 0 Å². The topological polar surface area (TPSA) is 35.5 Å². The normalized spacial score (nSPS) is 14.2. The van der Waals surface area contributed by atoms with Gasteiger partial charge >= 0.3 is 5.97 Å². The summed E-state index contributed by atoms with van der Waals surface area (Å²) in [4.78, 5) is 11.3. The molecule has 0 bridgehead atoms. The summed E-state index contributed by atoms with van der Waals surface area (Å²) in [7, 11) is 0. The van der Waals surface area contributed by atoms with E-state index in [1.165, 1.54) is 43.4 Å². The van der Waals surface area contributed by atoms with Gasteiger partial charge in [-0.3, -0.25) is 4.79 Å². The molecule has 3 nitrogen and oxygen atoms in total. The maximum Gasteiger partial charge on any atom is 0.305 e. The van der Waals surface area contributed by atoms with E-state index in [-0.39, 0.29) is 19.0 Å². The van der Waals surface area contributed by atoms with E-state index in [2.05, 4.69) is 6.07 Å². The van der Waals surface area contributed by atoms with Crippen molar-refractivity contribution < 1.29 is 23.0 Å². The highest BCUT2D eigenvalue weighted by molar-refractivity contribution is 5.69. The summed E-state index contributed by atoms with van der Waals surface area (Å²) in [5.74, 6) is -1.68. The Kier molecular flexibility index (Phi) is 7.01. The quantitative estimate of drug-likeness (QED) is 0.410. The summed E-state index contributed by atoms with van der Waals surface area (Å²) in [6, 6.07) is 10.5. The van der Waals surface area contributed by atoms with Gasteiger partial charge in [0.05, 0.1) is 13.2 Å². The van der Waals surface area contributed by atoms with Gasteiger partial charge < -0.3 is 9.47 Å². The van der Waals surface area contributed by atoms with E-state index < -0.39 is 17.4 Å². The molecular formula is C23H26F2O3. The average Bonchev–Trinajstić information content (AvgIpc) is 3.22. The van der Waals surface area contributed by atoms with Crippen LogP contribution in [-0.2, 0) is 9.53 Å². The van der Waals surface area contributed by atoms with Crippen molar-refractivity contribution in [3.8, 4) is 16.9 Å². The minimum absolute atomic E-state index is 0.0448. The van der Waals surface area contributed by atoms with E-state index in [0.717, 1.165) is 5.56 Å². The lowest BCUT2D eigenvalue weighted by Crippen LogP contribution is -2.08. The molecule has 0 radical (unpaired) electrons. The van der Waals surface area contributed by atoms with Crippen LogP contribution in [0.4, 0.5) is 8.78 Å². The maximum atomic E-state index is 14.4. The van der Waals surface area contributed by atoms with E-state index in [4.69, 9.17) is 9.47 Å². The molecule has 2 aromatic carbocycles. The van der Waals surface area contributed by atoms with Crippen LogP contribution in [0.3, 0.4) is 0 Å². The monoisotopic (exact) mass is 388 g/mol. The highest BCUT2D eigenvalue weighted by Crippen LogP contribution is 2.36. The lowest BCUT2D eigenvalue weighted by Gasteiger charge is -2.13. The highest BCUT2D eigenvalue weighted by atomic mass is 19.1. The van der Waals surface area contributed by atoms with Gasteiger partial charge in [0, 0.05) is 6.42 Å². The van der Waals surface area contributed by atoms with Crippen molar-refractivity contribution in [2.24, 2.45) is 0 Å². The first-order valence-electron chi connectivity index (χ1n) is 9.96. The van der Waals surface area contributed by atoms with Crippen molar-refractivity contribution in [1.29, 1.82) is 0 Å². The van der Waals surface area contributed by atoms with Crippen LogP contribution in [0.15, 0.2) is 36.4 Å². The minimum Gasteiger partial charge on any atom is -0.488 e. The molecule has 0 spiro atoms. The van der Waals surface area contributed by atoms with Crippen molar-refractivity contribution in [3.05, 3.63) is 53.6 Å². The van der Waals surface area contributed by atoms with Crippen molar-refractivity contribution in [2.75, 3.05) is 13.2 Å². The van der Waals surface area contributed by atoms with Gasteiger partial charge in [-0.05, 0) is 60.9 Å². The molecule has 150 valence electrons. The Balaban J connectivity index is 1.68. The van der Waals surface area contributed by atoms with Gasteiger partial charge in [-0.1, -0.05) is 37.1 Å². The first-order chi connectivity index (χ1) is 13.6. The molecule has 1 fully saturated rings. The lowest BCUT2D eigenvalue weighted by atomic mass is 9.94. The summed E-state index contributed by atoms with van der Waals surface area (Å²) in [6.07, 6.45) is 5.31. The molecule has 0 atom stereocenters. The molecule has 0 unspecified atom stereocenters. The number of carbonyl (C=O) groups is 1. The summed E-state index contributed by atoms with van der Waals surface area (Å²) >= 11 is 0. The van der Waals surface area contributed by atoms with Gasteiger partial charge in [-0.2, -0.15) is 0 Å². The second-order valence-electron chi connectivity index (χ2n) is 7.13. The molecule has 5 heteroatoms. The lowest BCUT2D eigenvalue weighted by molar-refractivity contribution is -0.143. The first-order valence-corrected chi connectivity index (χ1v) is 9.96. The predicted octanol–water partition coefficient (Wildman–Crippen LogP) is 6.01. The number of benzene rings is 2. The summed E-state index contributed by atoms with van der Waals surface area (Å²) in [5.41, 5.74) is 2.53. The zero-order valence-electron chi connectivity index (χ0n) is 16.2. The van der Waals surface area contributed by atoms with E-state index >= 15 is 0 Å². The van der Waals surface area contributed by atoms with E-state index in [1.54, 1.807) is 6.92 Å². The zero-order valence-corrected chi connectivity index (χ0v) is 16.2. The Hall–Kier alpha value is -2.43. The van der Waals surface area contributed by atoms with Gasteiger partial charge in [0.1, 0.15) is 0 Å². The molecule has 0 N–H and O–H groups in total. The molecule has 2 aromatic rings. The van der Waals surface area contributed by atoms with Crippen LogP contribution in [0.5, 0.6) is 5.75 Å². The van der Waals surface area contributed by atoms with Crippen molar-refractivity contribution in [2.45, 2.75) is 51.4 Å². The van der Waals surface area contributed by atoms with Crippen LogP contribution < -0.4 is 4.74 Å². The van der Waals surface area contributed by atoms with Gasteiger partial charge in [0.25, 0.3) is 0 Å². The maximum absolute atomic E-state index is 14.4. The molecule has 28 heavy (non-hydrogen) atoms. The molecule has 0 aromatic heterocycles. The summed E-state index contributed by atoms with van der Waals surface area (Å²) < 4.78 is 38.9. The molecule has 3 rings (SSSR count). The predicted molar refractivity (Wildman–Crippen MR) is 104 cm³/mol. The molecule has 0 heterocycles. The van der Waals surface area contributed by atoms with Gasteiger partial charge in [-0.15, -0.1) is 0 Å². The van der Waals surface area contributed by atoms with Gasteiger partial charge in [0.15, 0.2) is 17.4 Å². The fourth-order valence-electron chi connectivity index (χ4n) is 3.72. The number of rotatable bonds is 8. The molecule has 1 aliphatic rings. The number of hydrogen-bond acceptors (Lipinski definition) is 3. The smallest absolute Gasteiger partial charge is 0.305 e. The van der Waals surface area contributed by atoms with Crippen LogP contribution in [0.2, 0.25) is 0 Å². The third kappa shape index (κ3) is 5.09. The number of hydrogen-bond donors (Lipinski definition) is 0. The number of ether oxygens (including phenoxy) is 2. The SMILES string of the molecule is CCOC(=O)CCCOc1c(F)cc(-c2cccc(C3CCCC3)c2)cc1F. The number of esters is 1. The van der Waals surface area contributed by atoms with Crippen LogP contribution >= 0.6 is 0 Å². The van der Waals surface area contributed by atoms with Crippen LogP contribution in [-0.4, -0.2) is 19.2 Å². The Morgan fingerprint density at radius 3 is 2.46 bits per heavy atom. The Bertz CT molecular complexity index is 790. The first kappa shape index (κ1) is 20.3. The van der Waals surface area contributed by atoms with E-state index in [0.29, 0.717) is 24.5 Å². The molecule has 1 aliphatic carbocycles. The number of carbonyl (C=O) groups excluding carboxylic acids is 1.